The van der Waals surface area contributed by atoms with Crippen LogP contribution in [0.4, 0.5) is 5.69 Å². The number of rotatable bonds is 2. The molecule has 0 unspecified atom stereocenters. The highest BCUT2D eigenvalue weighted by atomic mass is 16.6. The van der Waals surface area contributed by atoms with Gasteiger partial charge in [0.05, 0.1) is 10.5 Å². The highest BCUT2D eigenvalue weighted by Gasteiger charge is 2.17. The Kier molecular flexibility index (Phi) is 2.31. The van der Waals surface area contributed by atoms with Crippen LogP contribution in [0, 0.1) is 10.1 Å². The fraction of sp³-hybridized carbons (Fsp3) is 0.273. The van der Waals surface area contributed by atoms with Crippen LogP contribution in [0.25, 0.3) is 5.57 Å². The number of nitro benzene ring substituents is 1. The molecular formula is C11H11NO2. The fourth-order valence-corrected chi connectivity index (χ4v) is 1.82. The Hall–Kier alpha value is -1.64. The first kappa shape index (κ1) is 8.94. The molecular weight excluding hydrogens is 178 g/mol. The van der Waals surface area contributed by atoms with Crippen LogP contribution in [0.1, 0.15) is 24.8 Å². The monoisotopic (exact) mass is 189 g/mol. The van der Waals surface area contributed by atoms with Gasteiger partial charge in [-0.2, -0.15) is 0 Å². The summed E-state index contributed by atoms with van der Waals surface area (Å²) in [5, 5.41) is 10.8. The second-order valence-electron chi connectivity index (χ2n) is 3.40. The van der Waals surface area contributed by atoms with E-state index < -0.39 is 0 Å². The first-order valence-corrected chi connectivity index (χ1v) is 4.72. The van der Waals surface area contributed by atoms with Crippen molar-refractivity contribution in [2.24, 2.45) is 0 Å². The summed E-state index contributed by atoms with van der Waals surface area (Å²) in [5.74, 6) is 0. The van der Waals surface area contributed by atoms with Gasteiger partial charge < -0.3 is 0 Å². The van der Waals surface area contributed by atoms with E-state index in [0.717, 1.165) is 30.4 Å². The molecule has 0 bridgehead atoms. The second-order valence-corrected chi connectivity index (χ2v) is 3.40. The van der Waals surface area contributed by atoms with E-state index >= 15 is 0 Å². The molecule has 0 radical (unpaired) electrons. The van der Waals surface area contributed by atoms with Gasteiger partial charge in [0.2, 0.25) is 0 Å². The Labute approximate surface area is 82.2 Å². The van der Waals surface area contributed by atoms with Crippen molar-refractivity contribution in [2.45, 2.75) is 19.3 Å². The average Bonchev–Trinajstić information content (AvgIpc) is 2.70. The summed E-state index contributed by atoms with van der Waals surface area (Å²) in [6.45, 7) is 0. The Balaban J connectivity index is 2.46. The maximum Gasteiger partial charge on any atom is 0.276 e. The van der Waals surface area contributed by atoms with Crippen molar-refractivity contribution in [2.75, 3.05) is 0 Å². The second kappa shape index (κ2) is 3.62. The van der Waals surface area contributed by atoms with E-state index in [4.69, 9.17) is 0 Å². The molecule has 3 nitrogen and oxygen atoms in total. The smallest absolute Gasteiger partial charge is 0.258 e. The number of benzene rings is 1. The average molecular weight is 189 g/mol. The molecule has 0 fully saturated rings. The van der Waals surface area contributed by atoms with Crippen molar-refractivity contribution in [3.8, 4) is 0 Å². The molecule has 3 heteroatoms. The summed E-state index contributed by atoms with van der Waals surface area (Å²) in [5.41, 5.74) is 2.13. The standard InChI is InChI=1S/C11H11NO2/c13-12(14)11-8-4-3-7-10(11)9-5-1-2-6-9/h3-5,7-8H,1-2,6H2. The molecule has 1 aromatic rings. The molecule has 72 valence electrons. The third kappa shape index (κ3) is 1.53. The van der Waals surface area contributed by atoms with Crippen LogP contribution >= 0.6 is 0 Å². The van der Waals surface area contributed by atoms with Crippen molar-refractivity contribution in [1.29, 1.82) is 0 Å². The van der Waals surface area contributed by atoms with Gasteiger partial charge in [0, 0.05) is 6.07 Å². The minimum Gasteiger partial charge on any atom is -0.258 e. The van der Waals surface area contributed by atoms with Gasteiger partial charge in [-0.15, -0.1) is 0 Å². The predicted molar refractivity (Wildman–Crippen MR) is 54.9 cm³/mol. The molecule has 0 aromatic heterocycles. The SMILES string of the molecule is O=[N+]([O-])c1ccccc1C1=CCCC1. The summed E-state index contributed by atoms with van der Waals surface area (Å²) in [4.78, 5) is 10.4. The van der Waals surface area contributed by atoms with E-state index in [-0.39, 0.29) is 10.6 Å². The van der Waals surface area contributed by atoms with E-state index in [0.29, 0.717) is 0 Å². The molecule has 0 saturated carbocycles. The summed E-state index contributed by atoms with van der Waals surface area (Å²) in [6, 6.07) is 6.95. The van der Waals surface area contributed by atoms with Gasteiger partial charge in [0.25, 0.3) is 5.69 Å². The zero-order valence-electron chi connectivity index (χ0n) is 7.77. The quantitative estimate of drug-likeness (QED) is 0.529. The highest BCUT2D eigenvalue weighted by molar-refractivity contribution is 5.73. The van der Waals surface area contributed by atoms with Crippen LogP contribution in [0.15, 0.2) is 30.3 Å². The Morgan fingerprint density at radius 1 is 1.29 bits per heavy atom. The van der Waals surface area contributed by atoms with Crippen molar-refractivity contribution in [3.05, 3.63) is 46.0 Å². The lowest BCUT2D eigenvalue weighted by atomic mass is 10.0. The molecule has 0 aliphatic heterocycles. The van der Waals surface area contributed by atoms with E-state index in [2.05, 4.69) is 6.08 Å². The van der Waals surface area contributed by atoms with Gasteiger partial charge in [0.15, 0.2) is 0 Å². The normalized spacial score (nSPS) is 15.3. The van der Waals surface area contributed by atoms with Gasteiger partial charge >= 0.3 is 0 Å². The first-order valence-electron chi connectivity index (χ1n) is 4.72. The summed E-state index contributed by atoms with van der Waals surface area (Å²) in [7, 11) is 0. The molecule has 0 spiro atoms. The van der Waals surface area contributed by atoms with E-state index in [1.54, 1.807) is 12.1 Å². The van der Waals surface area contributed by atoms with Crippen LogP contribution in [0.2, 0.25) is 0 Å². The minimum absolute atomic E-state index is 0.223. The van der Waals surface area contributed by atoms with Gasteiger partial charge in [-0.25, -0.2) is 0 Å². The van der Waals surface area contributed by atoms with Gasteiger partial charge in [-0.3, -0.25) is 10.1 Å². The molecule has 0 heterocycles. The van der Waals surface area contributed by atoms with E-state index in [1.807, 2.05) is 12.1 Å². The van der Waals surface area contributed by atoms with Crippen LogP contribution in [0.3, 0.4) is 0 Å². The zero-order valence-corrected chi connectivity index (χ0v) is 7.77. The molecule has 14 heavy (non-hydrogen) atoms. The van der Waals surface area contributed by atoms with Gasteiger partial charge in [-0.05, 0) is 30.9 Å². The zero-order chi connectivity index (χ0) is 9.97. The topological polar surface area (TPSA) is 43.1 Å². The fourth-order valence-electron chi connectivity index (χ4n) is 1.82. The van der Waals surface area contributed by atoms with E-state index in [9.17, 15) is 10.1 Å². The summed E-state index contributed by atoms with van der Waals surface area (Å²) < 4.78 is 0. The summed E-state index contributed by atoms with van der Waals surface area (Å²) >= 11 is 0. The van der Waals surface area contributed by atoms with Crippen LogP contribution in [-0.4, -0.2) is 4.92 Å². The number of hydrogen-bond donors (Lipinski definition) is 0. The molecule has 0 N–H and O–H groups in total. The van der Waals surface area contributed by atoms with Crippen LogP contribution in [0.5, 0.6) is 0 Å². The number of nitrogens with zero attached hydrogens (tertiary/aromatic N) is 1. The van der Waals surface area contributed by atoms with Crippen LogP contribution < -0.4 is 0 Å². The number of para-hydroxylation sites is 1. The number of nitro groups is 1. The predicted octanol–water partition coefficient (Wildman–Crippen LogP) is 3.16. The minimum atomic E-state index is -0.311. The summed E-state index contributed by atoms with van der Waals surface area (Å²) in [6.07, 6.45) is 5.22. The van der Waals surface area contributed by atoms with Crippen molar-refractivity contribution in [3.63, 3.8) is 0 Å². The first-order chi connectivity index (χ1) is 6.79. The maximum atomic E-state index is 10.8. The molecule has 1 aliphatic rings. The number of hydrogen-bond acceptors (Lipinski definition) is 2. The van der Waals surface area contributed by atoms with E-state index in [1.165, 1.54) is 0 Å². The molecule has 0 amide bonds. The van der Waals surface area contributed by atoms with Gasteiger partial charge in [0.1, 0.15) is 0 Å². The van der Waals surface area contributed by atoms with Crippen LogP contribution in [-0.2, 0) is 0 Å². The third-order valence-corrected chi connectivity index (χ3v) is 2.49. The van der Waals surface area contributed by atoms with Gasteiger partial charge in [-0.1, -0.05) is 18.2 Å². The Bertz CT molecular complexity index is 396. The molecule has 0 saturated heterocycles. The third-order valence-electron chi connectivity index (χ3n) is 2.49. The number of allylic oxidation sites excluding steroid dienone is 2. The van der Waals surface area contributed by atoms with Crippen molar-refractivity contribution in [1.82, 2.24) is 0 Å². The highest BCUT2D eigenvalue weighted by Crippen LogP contribution is 2.33. The van der Waals surface area contributed by atoms with Crippen molar-refractivity contribution >= 4 is 11.3 Å². The lowest BCUT2D eigenvalue weighted by Crippen LogP contribution is -1.93. The maximum absolute atomic E-state index is 10.8. The largest absolute Gasteiger partial charge is 0.276 e. The molecule has 0 atom stereocenters. The van der Waals surface area contributed by atoms with Crippen molar-refractivity contribution < 1.29 is 4.92 Å². The Morgan fingerprint density at radius 2 is 2.07 bits per heavy atom. The molecule has 2 rings (SSSR count). The molecule has 1 aliphatic carbocycles. The lowest BCUT2D eigenvalue weighted by molar-refractivity contribution is -0.385. The molecule has 1 aromatic carbocycles. The Morgan fingerprint density at radius 3 is 2.71 bits per heavy atom. The lowest BCUT2D eigenvalue weighted by Gasteiger charge is -2.02.